The van der Waals surface area contributed by atoms with Crippen molar-refractivity contribution in [1.29, 1.82) is 0 Å². The number of furan rings is 1. The molecule has 0 aliphatic rings. The summed E-state index contributed by atoms with van der Waals surface area (Å²) in [7, 11) is -4.28. The molecule has 0 unspecified atom stereocenters. The minimum absolute atomic E-state index is 0.0975. The fourth-order valence-corrected chi connectivity index (χ4v) is 3.90. The molecule has 0 aliphatic carbocycles. The number of rotatable bonds is 9. The van der Waals surface area contributed by atoms with Crippen molar-refractivity contribution >= 4 is 44.9 Å². The number of anilines is 1. The molecule has 0 radical (unpaired) electrons. The Balaban J connectivity index is 1.64. The van der Waals surface area contributed by atoms with Gasteiger partial charge in [0.2, 0.25) is 0 Å². The molecule has 3 N–H and O–H groups in total. The number of halogens is 1. The number of ether oxygens (including phenoxy) is 1. The lowest BCUT2D eigenvalue weighted by Gasteiger charge is -2.11. The smallest absolute Gasteiger partial charge is 0.342 e. The Labute approximate surface area is 197 Å². The summed E-state index contributed by atoms with van der Waals surface area (Å²) in [5.74, 6) is -1.74. The van der Waals surface area contributed by atoms with Crippen LogP contribution in [-0.4, -0.2) is 36.9 Å². The first-order chi connectivity index (χ1) is 16.1. The van der Waals surface area contributed by atoms with E-state index in [1.807, 2.05) is 0 Å². The average Bonchev–Trinajstić information content (AvgIpc) is 3.29. The molecule has 178 valence electrons. The quantitative estimate of drug-likeness (QED) is 0.222. The van der Waals surface area contributed by atoms with Crippen LogP contribution in [0.3, 0.4) is 0 Å². The van der Waals surface area contributed by atoms with Crippen LogP contribution in [0.1, 0.15) is 16.1 Å². The molecule has 1 aromatic heterocycles. The van der Waals surface area contributed by atoms with E-state index >= 15 is 0 Å². The summed E-state index contributed by atoms with van der Waals surface area (Å²) in [6.45, 7) is -0.525. The molecular formula is C20H16ClN3O9S. The number of aromatic hydroxyl groups is 1. The van der Waals surface area contributed by atoms with E-state index in [0.29, 0.717) is 5.76 Å². The molecule has 0 saturated carbocycles. The third kappa shape index (κ3) is 6.02. The second-order valence-electron chi connectivity index (χ2n) is 6.64. The zero-order valence-electron chi connectivity index (χ0n) is 17.1. The summed E-state index contributed by atoms with van der Waals surface area (Å²) < 4.78 is 37.1. The topological polar surface area (TPSA) is 178 Å². The highest BCUT2D eigenvalue weighted by molar-refractivity contribution is 7.92. The molecule has 3 aromatic rings. The number of hydrogen-bond donors (Lipinski definition) is 3. The number of phenols is 1. The predicted molar refractivity (Wildman–Crippen MR) is 118 cm³/mol. The number of carbonyl (C=O) groups excluding carboxylic acids is 2. The standard InChI is InChI=1S/C20H16ClN3O9S/c21-16-6-4-14(9-17(16)24(28)29)34(30,31)23-12-3-5-15(18(25)8-12)20(27)33-11-19(26)22-10-13-2-1-7-32-13/h1-9,23,25H,10-11H2,(H,22,26). The molecule has 2 aromatic carbocycles. The monoisotopic (exact) mass is 509 g/mol. The van der Waals surface area contributed by atoms with Crippen molar-refractivity contribution in [2.24, 2.45) is 0 Å². The predicted octanol–water partition coefficient (Wildman–Crippen LogP) is 2.82. The molecule has 0 spiro atoms. The second-order valence-corrected chi connectivity index (χ2v) is 8.73. The zero-order chi connectivity index (χ0) is 24.9. The molecule has 34 heavy (non-hydrogen) atoms. The van der Waals surface area contributed by atoms with Crippen LogP contribution >= 0.6 is 11.6 Å². The summed E-state index contributed by atoms with van der Waals surface area (Å²) in [4.78, 5) is 33.7. The number of nitrogens with one attached hydrogen (secondary N) is 2. The largest absolute Gasteiger partial charge is 0.507 e. The lowest BCUT2D eigenvalue weighted by atomic mass is 10.2. The van der Waals surface area contributed by atoms with Gasteiger partial charge in [-0.25, -0.2) is 13.2 Å². The number of carbonyl (C=O) groups is 2. The minimum atomic E-state index is -4.28. The van der Waals surface area contributed by atoms with Crippen molar-refractivity contribution in [2.45, 2.75) is 11.4 Å². The molecular weight excluding hydrogens is 494 g/mol. The fourth-order valence-electron chi connectivity index (χ4n) is 2.64. The number of nitro groups is 1. The Bertz CT molecular complexity index is 1340. The van der Waals surface area contributed by atoms with Gasteiger partial charge >= 0.3 is 5.97 Å². The normalized spacial score (nSPS) is 11.0. The Kier molecular flexibility index (Phi) is 7.38. The molecule has 0 saturated heterocycles. The Morgan fingerprint density at radius 2 is 1.94 bits per heavy atom. The summed E-state index contributed by atoms with van der Waals surface area (Å²) >= 11 is 5.69. The van der Waals surface area contributed by atoms with E-state index < -0.39 is 49.8 Å². The van der Waals surface area contributed by atoms with E-state index in [1.165, 1.54) is 6.26 Å². The number of amides is 1. The van der Waals surface area contributed by atoms with Crippen molar-refractivity contribution in [3.63, 3.8) is 0 Å². The highest BCUT2D eigenvalue weighted by Gasteiger charge is 2.22. The van der Waals surface area contributed by atoms with Gasteiger partial charge in [-0.2, -0.15) is 0 Å². The third-order valence-corrected chi connectivity index (χ3v) is 5.97. The summed E-state index contributed by atoms with van der Waals surface area (Å²) in [6.07, 6.45) is 1.44. The molecule has 1 amide bonds. The first-order valence-electron chi connectivity index (χ1n) is 9.33. The van der Waals surface area contributed by atoms with Crippen LogP contribution in [0.2, 0.25) is 5.02 Å². The van der Waals surface area contributed by atoms with E-state index in [4.69, 9.17) is 20.8 Å². The van der Waals surface area contributed by atoms with E-state index in [-0.39, 0.29) is 22.8 Å². The Morgan fingerprint density at radius 1 is 1.18 bits per heavy atom. The van der Waals surface area contributed by atoms with E-state index in [2.05, 4.69) is 10.0 Å². The van der Waals surface area contributed by atoms with E-state index in [9.17, 15) is 33.2 Å². The molecule has 3 rings (SSSR count). The maximum absolute atomic E-state index is 12.5. The number of benzene rings is 2. The van der Waals surface area contributed by atoms with Gasteiger partial charge in [0, 0.05) is 12.1 Å². The first kappa shape index (κ1) is 24.5. The summed E-state index contributed by atoms with van der Waals surface area (Å²) in [5.41, 5.74) is -1.05. The average molecular weight is 510 g/mol. The Morgan fingerprint density at radius 3 is 2.59 bits per heavy atom. The number of nitrogens with zero attached hydrogens (tertiary/aromatic N) is 1. The maximum atomic E-state index is 12.5. The number of phenolic OH excluding ortho intramolecular Hbond substituents is 1. The van der Waals surface area contributed by atoms with Gasteiger partial charge in [-0.3, -0.25) is 19.6 Å². The third-order valence-electron chi connectivity index (χ3n) is 4.27. The van der Waals surface area contributed by atoms with Gasteiger partial charge in [0.15, 0.2) is 6.61 Å². The van der Waals surface area contributed by atoms with Gasteiger partial charge in [-0.05, 0) is 36.4 Å². The van der Waals surface area contributed by atoms with Crippen LogP contribution in [0, 0.1) is 10.1 Å². The van der Waals surface area contributed by atoms with Crippen LogP contribution < -0.4 is 10.0 Å². The van der Waals surface area contributed by atoms with E-state index in [0.717, 1.165) is 36.4 Å². The number of hydrogen-bond acceptors (Lipinski definition) is 9. The van der Waals surface area contributed by atoms with Gasteiger partial charge in [-0.15, -0.1) is 0 Å². The van der Waals surface area contributed by atoms with Crippen LogP contribution in [0.4, 0.5) is 11.4 Å². The lowest BCUT2D eigenvalue weighted by molar-refractivity contribution is -0.384. The van der Waals surface area contributed by atoms with Gasteiger partial charge in [0.25, 0.3) is 21.6 Å². The van der Waals surface area contributed by atoms with Crippen LogP contribution in [0.25, 0.3) is 0 Å². The number of esters is 1. The second kappa shape index (κ2) is 10.2. The molecule has 0 bridgehead atoms. The number of nitro benzene ring substituents is 1. The Hall–Kier alpha value is -4.10. The first-order valence-corrected chi connectivity index (χ1v) is 11.2. The van der Waals surface area contributed by atoms with Crippen molar-refractivity contribution in [1.82, 2.24) is 5.32 Å². The SMILES string of the molecule is O=C(COC(=O)c1ccc(NS(=O)(=O)c2ccc(Cl)c([N+](=O)[O-])c2)cc1O)NCc1ccco1. The fraction of sp³-hybridized carbons (Fsp3) is 0.100. The molecule has 14 heteroatoms. The van der Waals surface area contributed by atoms with Crippen molar-refractivity contribution in [2.75, 3.05) is 11.3 Å². The van der Waals surface area contributed by atoms with Crippen LogP contribution in [-0.2, 0) is 26.1 Å². The van der Waals surface area contributed by atoms with Gasteiger partial charge in [0.05, 0.1) is 28.3 Å². The minimum Gasteiger partial charge on any atom is -0.507 e. The molecule has 0 fully saturated rings. The van der Waals surface area contributed by atoms with Crippen LogP contribution in [0.5, 0.6) is 5.75 Å². The van der Waals surface area contributed by atoms with Crippen molar-refractivity contribution < 1.29 is 37.2 Å². The zero-order valence-corrected chi connectivity index (χ0v) is 18.6. The van der Waals surface area contributed by atoms with Gasteiger partial charge in [-0.1, -0.05) is 11.6 Å². The van der Waals surface area contributed by atoms with Gasteiger partial charge in [0.1, 0.15) is 22.1 Å². The summed E-state index contributed by atoms with van der Waals surface area (Å²) in [5, 5.41) is 23.3. The van der Waals surface area contributed by atoms with Crippen molar-refractivity contribution in [3.05, 3.63) is 81.3 Å². The van der Waals surface area contributed by atoms with Crippen LogP contribution in [0.15, 0.2) is 64.1 Å². The molecule has 0 aliphatic heterocycles. The van der Waals surface area contributed by atoms with Crippen molar-refractivity contribution in [3.8, 4) is 5.75 Å². The molecule has 0 atom stereocenters. The summed E-state index contributed by atoms with van der Waals surface area (Å²) in [6, 6.07) is 9.40. The maximum Gasteiger partial charge on any atom is 0.342 e. The molecule has 1 heterocycles. The van der Waals surface area contributed by atoms with E-state index in [1.54, 1.807) is 12.1 Å². The highest BCUT2D eigenvalue weighted by Crippen LogP contribution is 2.29. The number of sulfonamides is 1. The highest BCUT2D eigenvalue weighted by atomic mass is 35.5. The van der Waals surface area contributed by atoms with Gasteiger partial charge < -0.3 is 19.6 Å². The lowest BCUT2D eigenvalue weighted by Crippen LogP contribution is -2.28. The molecule has 12 nitrogen and oxygen atoms in total.